The Labute approximate surface area is 158 Å². The Morgan fingerprint density at radius 1 is 1.19 bits per heavy atom. The van der Waals surface area contributed by atoms with Crippen LogP contribution < -0.4 is 10.5 Å². The van der Waals surface area contributed by atoms with E-state index in [0.29, 0.717) is 11.7 Å². The summed E-state index contributed by atoms with van der Waals surface area (Å²) in [6, 6.07) is 9.64. The number of hydrogen-bond donors (Lipinski definition) is 1. The minimum atomic E-state index is -0.173. The molecule has 140 valence electrons. The lowest BCUT2D eigenvalue weighted by molar-refractivity contribution is -0.127. The lowest BCUT2D eigenvalue weighted by Crippen LogP contribution is -2.28. The fraction of sp³-hybridized carbons (Fsp3) is 0.421. The van der Waals surface area contributed by atoms with E-state index < -0.39 is 0 Å². The summed E-state index contributed by atoms with van der Waals surface area (Å²) < 4.78 is 0. The fourth-order valence-corrected chi connectivity index (χ4v) is 3.27. The van der Waals surface area contributed by atoms with Crippen molar-refractivity contribution in [3.8, 4) is 0 Å². The van der Waals surface area contributed by atoms with Crippen LogP contribution >= 0.6 is 11.8 Å². The van der Waals surface area contributed by atoms with Crippen LogP contribution in [0.2, 0.25) is 0 Å². The third-order valence-corrected chi connectivity index (χ3v) is 4.77. The van der Waals surface area contributed by atoms with Gasteiger partial charge >= 0.3 is 0 Å². The van der Waals surface area contributed by atoms with E-state index in [9.17, 15) is 9.59 Å². The van der Waals surface area contributed by atoms with Crippen molar-refractivity contribution >= 4 is 23.4 Å². The van der Waals surface area contributed by atoms with E-state index in [-0.39, 0.29) is 17.2 Å². The van der Waals surface area contributed by atoms with Crippen molar-refractivity contribution in [1.82, 2.24) is 14.9 Å². The van der Waals surface area contributed by atoms with Crippen molar-refractivity contribution in [2.45, 2.75) is 31.5 Å². The number of aromatic nitrogens is 2. The molecule has 7 heteroatoms. The number of carbonyl (C=O) groups excluding carboxylic acids is 1. The second kappa shape index (κ2) is 9.43. The van der Waals surface area contributed by atoms with Gasteiger partial charge in [-0.3, -0.25) is 9.59 Å². The normalized spacial score (nSPS) is 10.6. The fourth-order valence-electron chi connectivity index (χ4n) is 2.44. The van der Waals surface area contributed by atoms with Crippen LogP contribution in [0.15, 0.2) is 40.3 Å². The van der Waals surface area contributed by atoms with Crippen molar-refractivity contribution in [2.24, 2.45) is 0 Å². The first-order valence-corrected chi connectivity index (χ1v) is 9.61. The number of H-pyrrole nitrogens is 1. The highest BCUT2D eigenvalue weighted by Crippen LogP contribution is 2.15. The van der Waals surface area contributed by atoms with Gasteiger partial charge in [-0.25, -0.2) is 4.98 Å². The average molecular weight is 375 g/mol. The molecule has 0 fully saturated rings. The summed E-state index contributed by atoms with van der Waals surface area (Å²) in [5.74, 6) is 0.236. The molecule has 0 radical (unpaired) electrons. The summed E-state index contributed by atoms with van der Waals surface area (Å²) in [5, 5.41) is 0.498. The minimum Gasteiger partial charge on any atom is -0.378 e. The number of nitrogens with one attached hydrogen (secondary N) is 1. The number of carbonyl (C=O) groups is 1. The van der Waals surface area contributed by atoms with Gasteiger partial charge in [-0.05, 0) is 24.1 Å². The van der Waals surface area contributed by atoms with Crippen LogP contribution in [-0.2, 0) is 17.8 Å². The molecule has 0 aliphatic heterocycles. The largest absolute Gasteiger partial charge is 0.378 e. The zero-order valence-electron chi connectivity index (χ0n) is 15.8. The predicted octanol–water partition coefficient (Wildman–Crippen LogP) is 2.54. The van der Waals surface area contributed by atoms with Gasteiger partial charge < -0.3 is 14.8 Å². The smallest absolute Gasteiger partial charge is 0.251 e. The number of amides is 1. The van der Waals surface area contributed by atoms with Crippen molar-refractivity contribution in [2.75, 3.05) is 31.8 Å². The summed E-state index contributed by atoms with van der Waals surface area (Å²) in [7, 11) is 5.78. The Morgan fingerprint density at radius 3 is 2.50 bits per heavy atom. The van der Waals surface area contributed by atoms with Crippen molar-refractivity contribution in [1.29, 1.82) is 0 Å². The molecule has 2 aromatic rings. The van der Waals surface area contributed by atoms with Crippen LogP contribution in [0.4, 0.5) is 5.69 Å². The van der Waals surface area contributed by atoms with Crippen molar-refractivity contribution in [3.05, 3.63) is 51.9 Å². The Morgan fingerprint density at radius 2 is 1.88 bits per heavy atom. The van der Waals surface area contributed by atoms with Gasteiger partial charge in [0.25, 0.3) is 5.56 Å². The van der Waals surface area contributed by atoms with Crippen molar-refractivity contribution in [3.63, 3.8) is 0 Å². The van der Waals surface area contributed by atoms with Gasteiger partial charge in [0.1, 0.15) is 0 Å². The monoisotopic (exact) mass is 374 g/mol. The Hall–Kier alpha value is -2.28. The van der Waals surface area contributed by atoms with Gasteiger partial charge in [-0.15, -0.1) is 0 Å². The number of rotatable bonds is 8. The molecule has 0 saturated carbocycles. The second-order valence-corrected chi connectivity index (χ2v) is 7.36. The van der Waals surface area contributed by atoms with Crippen LogP contribution in [0, 0.1) is 0 Å². The lowest BCUT2D eigenvalue weighted by Gasteiger charge is -2.18. The summed E-state index contributed by atoms with van der Waals surface area (Å²) in [5.41, 5.74) is 2.79. The molecule has 0 spiro atoms. The highest BCUT2D eigenvalue weighted by atomic mass is 32.2. The molecular formula is C19H26N4O2S. The average Bonchev–Trinajstić information content (AvgIpc) is 2.60. The number of hydrogen-bond acceptors (Lipinski definition) is 5. The van der Waals surface area contributed by atoms with Gasteiger partial charge in [-0.2, -0.15) is 0 Å². The molecular weight excluding hydrogens is 348 g/mol. The van der Waals surface area contributed by atoms with Crippen molar-refractivity contribution < 1.29 is 4.79 Å². The van der Waals surface area contributed by atoms with E-state index in [1.807, 2.05) is 50.2 Å². The molecule has 0 aliphatic rings. The molecule has 0 bridgehead atoms. The summed E-state index contributed by atoms with van der Waals surface area (Å²) in [6.07, 6.45) is 1.68. The maximum absolute atomic E-state index is 12.4. The van der Waals surface area contributed by atoms with Gasteiger partial charge in [0, 0.05) is 45.1 Å². The molecule has 1 aromatic heterocycles. The molecule has 1 aromatic carbocycles. The predicted molar refractivity (Wildman–Crippen MR) is 107 cm³/mol. The summed E-state index contributed by atoms with van der Waals surface area (Å²) >= 11 is 1.26. The molecule has 1 amide bonds. The zero-order chi connectivity index (χ0) is 19.1. The Kier molecular flexibility index (Phi) is 7.26. The first-order valence-electron chi connectivity index (χ1n) is 8.62. The van der Waals surface area contributed by atoms with E-state index in [1.165, 1.54) is 17.8 Å². The van der Waals surface area contributed by atoms with Crippen LogP contribution in [0.3, 0.4) is 0 Å². The molecule has 0 saturated heterocycles. The molecule has 1 heterocycles. The molecule has 6 nitrogen and oxygen atoms in total. The third kappa shape index (κ3) is 5.91. The number of nitrogens with zero attached hydrogens (tertiary/aromatic N) is 3. The second-order valence-electron chi connectivity index (χ2n) is 6.39. The SMILES string of the molecule is CCCc1cc(=O)[nH]c(SCC(=O)N(C)Cc2ccc(N(C)C)cc2)n1. The molecule has 0 unspecified atom stereocenters. The number of benzene rings is 1. The molecule has 26 heavy (non-hydrogen) atoms. The van der Waals surface area contributed by atoms with E-state index in [4.69, 9.17) is 0 Å². The van der Waals surface area contributed by atoms with Crippen LogP contribution in [-0.4, -0.2) is 47.7 Å². The van der Waals surface area contributed by atoms with Crippen LogP contribution in [0.5, 0.6) is 0 Å². The number of aromatic amines is 1. The standard InChI is InChI=1S/C19H26N4O2S/c1-5-6-15-11-17(24)21-19(20-15)26-13-18(25)23(4)12-14-7-9-16(10-8-14)22(2)3/h7-11H,5-6,12-13H2,1-4H3,(H,20,21,24). The Bertz CT molecular complexity index is 787. The van der Waals surface area contributed by atoms with E-state index in [0.717, 1.165) is 29.8 Å². The lowest BCUT2D eigenvalue weighted by atomic mass is 10.2. The van der Waals surface area contributed by atoms with E-state index in [1.54, 1.807) is 11.9 Å². The van der Waals surface area contributed by atoms with Gasteiger partial charge in [0.05, 0.1) is 5.75 Å². The number of aryl methyl sites for hydroxylation is 1. The quantitative estimate of drug-likeness (QED) is 0.568. The molecule has 2 rings (SSSR count). The molecule has 1 N–H and O–H groups in total. The Balaban J connectivity index is 1.91. The highest BCUT2D eigenvalue weighted by Gasteiger charge is 2.11. The van der Waals surface area contributed by atoms with E-state index >= 15 is 0 Å². The third-order valence-electron chi connectivity index (χ3n) is 3.91. The molecule has 0 aliphatic carbocycles. The summed E-state index contributed by atoms with van der Waals surface area (Å²) in [6.45, 7) is 2.59. The van der Waals surface area contributed by atoms with Crippen LogP contribution in [0.1, 0.15) is 24.6 Å². The highest BCUT2D eigenvalue weighted by molar-refractivity contribution is 7.99. The number of thioether (sulfide) groups is 1. The number of anilines is 1. The first-order chi connectivity index (χ1) is 12.4. The van der Waals surface area contributed by atoms with Gasteiger partial charge in [-0.1, -0.05) is 37.2 Å². The maximum atomic E-state index is 12.4. The molecule has 0 atom stereocenters. The minimum absolute atomic E-state index is 0.00442. The van der Waals surface area contributed by atoms with Gasteiger partial charge in [0.2, 0.25) is 5.91 Å². The zero-order valence-corrected chi connectivity index (χ0v) is 16.6. The maximum Gasteiger partial charge on any atom is 0.251 e. The van der Waals surface area contributed by atoms with Gasteiger partial charge in [0.15, 0.2) is 5.16 Å². The van der Waals surface area contributed by atoms with E-state index in [2.05, 4.69) is 9.97 Å². The van der Waals surface area contributed by atoms with Crippen LogP contribution in [0.25, 0.3) is 0 Å². The summed E-state index contributed by atoms with van der Waals surface area (Å²) in [4.78, 5) is 34.9. The topological polar surface area (TPSA) is 69.3 Å². The first kappa shape index (κ1) is 20.0.